The second-order valence-electron chi connectivity index (χ2n) is 10.6. The smallest absolute Gasteiger partial charge is 0.407 e. The average Bonchev–Trinajstić information content (AvgIpc) is 3.33. The van der Waals surface area contributed by atoms with E-state index in [1.54, 1.807) is 20.8 Å². The third-order valence-electron chi connectivity index (χ3n) is 6.47. The van der Waals surface area contributed by atoms with E-state index in [1.807, 2.05) is 4.90 Å². The van der Waals surface area contributed by atoms with Gasteiger partial charge in [-0.15, -0.1) is 0 Å². The van der Waals surface area contributed by atoms with Gasteiger partial charge in [-0.2, -0.15) is 9.19 Å². The molecule has 1 aromatic carbocycles. The fraction of sp³-hybridized carbons (Fsp3) is 0.542. The van der Waals surface area contributed by atoms with Crippen molar-refractivity contribution in [3.05, 3.63) is 52.9 Å². The number of rotatable bonds is 4. The molecule has 2 aromatic rings. The van der Waals surface area contributed by atoms with Crippen molar-refractivity contribution < 1.29 is 31.5 Å². The second-order valence-corrected chi connectivity index (χ2v) is 12.4. The number of hydrogen-bond acceptors (Lipinski definition) is 7. The fourth-order valence-corrected chi connectivity index (χ4v) is 5.51. The standard InChI is InChI=1S/C24H31F2N5O5S/c1-14(32)30-12-17(29-10-15-11-31(37(5,34)35)28-21(15)13-29)9-20(27-23(33)36-24(2,3)4)22(30)18-8-16(25)6-7-19(18)26/h6-8,11,17,20,22H,9-10,12-13H2,1-5H3,(H,27,33)/t17-,20+,22-/m1/s1. The molecule has 1 fully saturated rings. The molecule has 37 heavy (non-hydrogen) atoms. The Morgan fingerprint density at radius 2 is 1.89 bits per heavy atom. The first kappa shape index (κ1) is 27.0. The minimum absolute atomic E-state index is 0.0381. The summed E-state index contributed by atoms with van der Waals surface area (Å²) >= 11 is 0. The topological polar surface area (TPSA) is 114 Å². The third-order valence-corrected chi connectivity index (χ3v) is 7.34. The number of hydrogen-bond donors (Lipinski definition) is 1. The van der Waals surface area contributed by atoms with Crippen molar-refractivity contribution in [2.75, 3.05) is 12.8 Å². The minimum atomic E-state index is -3.52. The van der Waals surface area contributed by atoms with Crippen LogP contribution in [0.3, 0.4) is 0 Å². The van der Waals surface area contributed by atoms with Gasteiger partial charge in [0.2, 0.25) is 5.91 Å². The number of likely N-dealkylation sites (tertiary alicyclic amines) is 1. The number of carbonyl (C=O) groups excluding carboxylic acids is 2. The van der Waals surface area contributed by atoms with Crippen LogP contribution in [0.2, 0.25) is 0 Å². The first-order chi connectivity index (χ1) is 17.1. The van der Waals surface area contributed by atoms with Gasteiger partial charge in [0.15, 0.2) is 0 Å². The lowest BCUT2D eigenvalue weighted by atomic mass is 9.87. The van der Waals surface area contributed by atoms with Crippen LogP contribution >= 0.6 is 0 Å². The molecule has 13 heteroatoms. The molecule has 3 atom stereocenters. The molecule has 2 aliphatic rings. The molecule has 3 heterocycles. The molecule has 202 valence electrons. The average molecular weight is 540 g/mol. The molecule has 4 rings (SSSR count). The zero-order valence-electron chi connectivity index (χ0n) is 21.4. The van der Waals surface area contributed by atoms with Gasteiger partial charge in [-0.3, -0.25) is 9.69 Å². The van der Waals surface area contributed by atoms with Crippen molar-refractivity contribution in [1.29, 1.82) is 0 Å². The van der Waals surface area contributed by atoms with Crippen LogP contribution in [-0.2, 0) is 32.6 Å². The maximum absolute atomic E-state index is 14.9. The second kappa shape index (κ2) is 9.67. The number of carbonyl (C=O) groups is 2. The van der Waals surface area contributed by atoms with Gasteiger partial charge in [-0.1, -0.05) is 0 Å². The van der Waals surface area contributed by atoms with E-state index >= 15 is 0 Å². The summed E-state index contributed by atoms with van der Waals surface area (Å²) in [5.41, 5.74) is 0.522. The summed E-state index contributed by atoms with van der Waals surface area (Å²) < 4.78 is 59.1. The number of nitrogens with zero attached hydrogens (tertiary/aromatic N) is 4. The van der Waals surface area contributed by atoms with Gasteiger partial charge in [-0.05, 0) is 45.4 Å². The summed E-state index contributed by atoms with van der Waals surface area (Å²) in [6.07, 6.45) is 2.10. The molecular formula is C24H31F2N5O5S. The van der Waals surface area contributed by atoms with E-state index in [9.17, 15) is 26.8 Å². The Labute approximate surface area is 214 Å². The van der Waals surface area contributed by atoms with Gasteiger partial charge < -0.3 is 15.0 Å². The van der Waals surface area contributed by atoms with Gasteiger partial charge in [0.05, 0.1) is 24.0 Å². The molecule has 0 saturated carbocycles. The number of amides is 2. The quantitative estimate of drug-likeness (QED) is 0.635. The molecule has 2 aliphatic heterocycles. The van der Waals surface area contributed by atoms with Crippen molar-refractivity contribution in [1.82, 2.24) is 24.3 Å². The van der Waals surface area contributed by atoms with Crippen molar-refractivity contribution in [2.24, 2.45) is 0 Å². The summed E-state index contributed by atoms with van der Waals surface area (Å²) in [7, 11) is -3.52. The third kappa shape index (κ3) is 5.93. The Morgan fingerprint density at radius 1 is 1.19 bits per heavy atom. The molecule has 0 spiro atoms. The number of piperidine rings is 1. The maximum atomic E-state index is 14.9. The summed E-state index contributed by atoms with van der Waals surface area (Å²) in [5, 5.41) is 6.96. The number of alkyl carbamates (subject to hydrolysis) is 1. The SMILES string of the molecule is CC(=O)N1C[C@H](N2Cc3cn(S(C)(=O)=O)nc3C2)C[C@H](NC(=O)OC(C)(C)C)[C@H]1c1cc(F)ccc1F. The number of halogens is 2. The number of aromatic nitrogens is 2. The number of nitrogens with one attached hydrogen (secondary N) is 1. The highest BCUT2D eigenvalue weighted by Gasteiger charge is 2.44. The van der Waals surface area contributed by atoms with Crippen molar-refractivity contribution in [3.8, 4) is 0 Å². The summed E-state index contributed by atoms with van der Waals surface area (Å²) in [4.78, 5) is 29.0. The Balaban J connectivity index is 1.65. The predicted molar refractivity (Wildman–Crippen MR) is 130 cm³/mol. The molecule has 1 saturated heterocycles. The Hall–Kier alpha value is -3.06. The van der Waals surface area contributed by atoms with E-state index in [1.165, 1.54) is 18.0 Å². The molecule has 0 aliphatic carbocycles. The zero-order chi connectivity index (χ0) is 27.3. The molecule has 2 amide bonds. The zero-order valence-corrected chi connectivity index (χ0v) is 22.2. The van der Waals surface area contributed by atoms with Crippen molar-refractivity contribution >= 4 is 22.0 Å². The van der Waals surface area contributed by atoms with E-state index in [0.717, 1.165) is 34.1 Å². The summed E-state index contributed by atoms with van der Waals surface area (Å²) in [6.45, 7) is 7.38. The predicted octanol–water partition coefficient (Wildman–Crippen LogP) is 2.54. The van der Waals surface area contributed by atoms with Crippen molar-refractivity contribution in [2.45, 2.75) is 70.9 Å². The number of ether oxygens (including phenoxy) is 1. The van der Waals surface area contributed by atoms with Crippen LogP contribution in [0, 0.1) is 11.6 Å². The minimum Gasteiger partial charge on any atom is -0.444 e. The Bertz CT molecular complexity index is 1300. The van der Waals surface area contributed by atoms with Gasteiger partial charge >= 0.3 is 6.09 Å². The largest absolute Gasteiger partial charge is 0.444 e. The molecule has 10 nitrogen and oxygen atoms in total. The fourth-order valence-electron chi connectivity index (χ4n) is 4.95. The Kier molecular flexibility index (Phi) is 7.06. The van der Waals surface area contributed by atoms with E-state index < -0.39 is 45.4 Å². The lowest BCUT2D eigenvalue weighted by Crippen LogP contribution is -2.59. The first-order valence-electron chi connectivity index (χ1n) is 11.9. The molecule has 0 radical (unpaired) electrons. The lowest BCUT2D eigenvalue weighted by molar-refractivity contribution is -0.135. The molecule has 0 unspecified atom stereocenters. The van der Waals surface area contributed by atoms with Crippen LogP contribution in [0.1, 0.15) is 57.0 Å². The highest BCUT2D eigenvalue weighted by atomic mass is 32.2. The van der Waals surface area contributed by atoms with Gasteiger partial charge in [0.1, 0.15) is 17.2 Å². The molecule has 1 aromatic heterocycles. The van der Waals surface area contributed by atoms with Gasteiger partial charge in [0.25, 0.3) is 10.0 Å². The molecule has 0 bridgehead atoms. The van der Waals surface area contributed by atoms with Gasteiger partial charge in [-0.25, -0.2) is 22.0 Å². The first-order valence-corrected chi connectivity index (χ1v) is 13.7. The molecule has 1 N–H and O–H groups in total. The summed E-state index contributed by atoms with van der Waals surface area (Å²) in [6, 6.07) is 1.00. The maximum Gasteiger partial charge on any atom is 0.407 e. The van der Waals surface area contributed by atoms with Crippen molar-refractivity contribution in [3.63, 3.8) is 0 Å². The highest BCUT2D eigenvalue weighted by molar-refractivity contribution is 7.89. The van der Waals surface area contributed by atoms with E-state index in [4.69, 9.17) is 4.74 Å². The Morgan fingerprint density at radius 3 is 2.49 bits per heavy atom. The van der Waals surface area contributed by atoms with Crippen LogP contribution in [0.5, 0.6) is 0 Å². The van der Waals surface area contributed by atoms with Gasteiger partial charge in [0, 0.05) is 49.9 Å². The lowest BCUT2D eigenvalue weighted by Gasteiger charge is -2.47. The summed E-state index contributed by atoms with van der Waals surface area (Å²) in [5.74, 6) is -1.72. The van der Waals surface area contributed by atoms with E-state index in [-0.39, 0.29) is 24.1 Å². The monoisotopic (exact) mass is 539 g/mol. The highest BCUT2D eigenvalue weighted by Crippen LogP contribution is 2.37. The van der Waals surface area contributed by atoms with Crippen LogP contribution < -0.4 is 5.32 Å². The molecular weight excluding hydrogens is 508 g/mol. The van der Waals surface area contributed by atoms with E-state index in [2.05, 4.69) is 10.4 Å². The number of benzene rings is 1. The van der Waals surface area contributed by atoms with E-state index in [0.29, 0.717) is 25.2 Å². The van der Waals surface area contributed by atoms with Crippen LogP contribution in [-0.4, -0.2) is 69.9 Å². The van der Waals surface area contributed by atoms with Crippen LogP contribution in [0.25, 0.3) is 0 Å². The van der Waals surface area contributed by atoms with Crippen LogP contribution in [0.4, 0.5) is 13.6 Å². The normalized spacial score (nSPS) is 22.6. The number of fused-ring (bicyclic) bond motifs is 1. The van der Waals surface area contributed by atoms with Crippen LogP contribution in [0.15, 0.2) is 24.4 Å².